The average molecular weight is 363 g/mol. The van der Waals surface area contributed by atoms with E-state index in [-0.39, 0.29) is 18.4 Å². The van der Waals surface area contributed by atoms with Crippen LogP contribution in [-0.2, 0) is 9.59 Å². The molecule has 138 valence electrons. The molecule has 3 unspecified atom stereocenters. The second kappa shape index (κ2) is 6.91. The zero-order chi connectivity index (χ0) is 19.0. The lowest BCUT2D eigenvalue weighted by Gasteiger charge is -2.20. The van der Waals surface area contributed by atoms with E-state index in [9.17, 15) is 14.7 Å². The zero-order valence-corrected chi connectivity index (χ0v) is 15.0. The monoisotopic (exact) mass is 363 g/mol. The summed E-state index contributed by atoms with van der Waals surface area (Å²) in [5, 5.41) is 10.6. The van der Waals surface area contributed by atoms with Gasteiger partial charge in [-0.15, -0.1) is 0 Å². The lowest BCUT2D eigenvalue weighted by atomic mass is 9.89. The molecule has 1 aromatic heterocycles. The molecule has 0 saturated carbocycles. The Balaban J connectivity index is 1.57. The van der Waals surface area contributed by atoms with Crippen LogP contribution in [-0.4, -0.2) is 35.0 Å². The van der Waals surface area contributed by atoms with E-state index in [0.29, 0.717) is 12.3 Å². The Labute approximate surface area is 157 Å². The first kappa shape index (κ1) is 17.3. The van der Waals surface area contributed by atoms with Crippen molar-refractivity contribution in [2.45, 2.75) is 18.8 Å². The van der Waals surface area contributed by atoms with Crippen LogP contribution in [0.3, 0.4) is 0 Å². The molecule has 5 heteroatoms. The first-order valence-corrected chi connectivity index (χ1v) is 9.09. The third-order valence-electron chi connectivity index (χ3n) is 5.42. The normalized spacial score (nSPS) is 20.7. The van der Waals surface area contributed by atoms with Crippen LogP contribution < -0.4 is 0 Å². The van der Waals surface area contributed by atoms with Crippen LogP contribution in [0.25, 0.3) is 11.0 Å². The predicted molar refractivity (Wildman–Crippen MR) is 102 cm³/mol. The summed E-state index contributed by atoms with van der Waals surface area (Å²) in [5.41, 5.74) is 1.70. The highest BCUT2D eigenvalue weighted by molar-refractivity contribution is 5.86. The Morgan fingerprint density at radius 3 is 2.48 bits per heavy atom. The molecule has 1 fully saturated rings. The van der Waals surface area contributed by atoms with Crippen LogP contribution in [0.4, 0.5) is 0 Å². The summed E-state index contributed by atoms with van der Waals surface area (Å²) < 4.78 is 5.83. The molecule has 1 saturated heterocycles. The molecule has 1 amide bonds. The van der Waals surface area contributed by atoms with Crippen LogP contribution in [0.5, 0.6) is 0 Å². The number of nitrogens with zero attached hydrogens (tertiary/aromatic N) is 1. The number of carbonyl (C=O) groups excluding carboxylic acids is 1. The molecule has 27 heavy (non-hydrogen) atoms. The first-order valence-electron chi connectivity index (χ1n) is 9.09. The first-order chi connectivity index (χ1) is 13.0. The summed E-state index contributed by atoms with van der Waals surface area (Å²) in [4.78, 5) is 26.5. The van der Waals surface area contributed by atoms with Crippen LogP contribution in [0, 0.1) is 5.92 Å². The van der Waals surface area contributed by atoms with Gasteiger partial charge < -0.3 is 14.4 Å². The maximum Gasteiger partial charge on any atom is 0.308 e. The molecule has 3 atom stereocenters. The Bertz CT molecular complexity index is 945. The van der Waals surface area contributed by atoms with E-state index in [1.807, 2.05) is 67.6 Å². The zero-order valence-electron chi connectivity index (χ0n) is 15.0. The van der Waals surface area contributed by atoms with Crippen molar-refractivity contribution in [1.29, 1.82) is 0 Å². The number of fused-ring (bicyclic) bond motifs is 1. The summed E-state index contributed by atoms with van der Waals surface area (Å²) in [6, 6.07) is 19.1. The van der Waals surface area contributed by atoms with Gasteiger partial charge in [-0.3, -0.25) is 9.59 Å². The van der Waals surface area contributed by atoms with Gasteiger partial charge in [-0.2, -0.15) is 0 Å². The average Bonchev–Trinajstić information content (AvgIpc) is 3.32. The van der Waals surface area contributed by atoms with Gasteiger partial charge in [0.2, 0.25) is 5.91 Å². The van der Waals surface area contributed by atoms with Crippen molar-refractivity contribution >= 4 is 22.8 Å². The Morgan fingerprint density at radius 2 is 1.78 bits per heavy atom. The number of carboxylic acids is 1. The smallest absolute Gasteiger partial charge is 0.308 e. The van der Waals surface area contributed by atoms with Crippen molar-refractivity contribution in [2.24, 2.45) is 5.92 Å². The van der Waals surface area contributed by atoms with Crippen molar-refractivity contribution in [3.8, 4) is 0 Å². The van der Waals surface area contributed by atoms with Crippen LogP contribution in [0.2, 0.25) is 0 Å². The van der Waals surface area contributed by atoms with E-state index in [2.05, 4.69) is 0 Å². The lowest BCUT2D eigenvalue weighted by molar-refractivity contribution is -0.142. The highest BCUT2D eigenvalue weighted by Gasteiger charge is 2.41. The van der Waals surface area contributed by atoms with Crippen molar-refractivity contribution in [3.63, 3.8) is 0 Å². The second-order valence-electron chi connectivity index (χ2n) is 7.11. The molecule has 0 aliphatic carbocycles. The number of rotatable bonds is 4. The minimum Gasteiger partial charge on any atom is -0.481 e. The molecule has 2 heterocycles. The fourth-order valence-corrected chi connectivity index (χ4v) is 3.88. The van der Waals surface area contributed by atoms with Gasteiger partial charge in [0.15, 0.2) is 0 Å². The Morgan fingerprint density at radius 1 is 1.07 bits per heavy atom. The number of hydrogen-bond donors (Lipinski definition) is 1. The van der Waals surface area contributed by atoms with Gasteiger partial charge in [-0.25, -0.2) is 0 Å². The fourth-order valence-electron chi connectivity index (χ4n) is 3.88. The molecule has 1 aliphatic rings. The standard InChI is InChI=1S/C22H21NO4/c1-14(20-11-16-9-5-6-10-19(16)27-20)21(24)23-12-17(18(13-23)22(25)26)15-7-3-2-4-8-15/h2-11,14,17-18H,12-13H2,1H3,(H,25,26). The van der Waals surface area contributed by atoms with E-state index in [0.717, 1.165) is 16.5 Å². The molecule has 5 nitrogen and oxygen atoms in total. The third kappa shape index (κ3) is 3.21. The number of benzene rings is 2. The largest absolute Gasteiger partial charge is 0.481 e. The van der Waals surface area contributed by atoms with Gasteiger partial charge in [0.05, 0.1) is 11.8 Å². The maximum atomic E-state index is 13.0. The SMILES string of the molecule is CC(C(=O)N1CC(C(=O)O)C(c2ccccc2)C1)c1cc2ccccc2o1. The number of furan rings is 1. The van der Waals surface area contributed by atoms with Crippen LogP contribution in [0.1, 0.15) is 30.1 Å². The van der Waals surface area contributed by atoms with E-state index in [4.69, 9.17) is 4.42 Å². The molecular weight excluding hydrogens is 342 g/mol. The molecule has 1 aliphatic heterocycles. The van der Waals surface area contributed by atoms with E-state index >= 15 is 0 Å². The predicted octanol–water partition coefficient (Wildman–Crippen LogP) is 3.86. The number of carboxylic acid groups (broad SMARTS) is 1. The van der Waals surface area contributed by atoms with Gasteiger partial charge in [0.1, 0.15) is 11.3 Å². The van der Waals surface area contributed by atoms with Crippen LogP contribution >= 0.6 is 0 Å². The molecule has 0 spiro atoms. The van der Waals surface area contributed by atoms with E-state index in [1.165, 1.54) is 0 Å². The quantitative estimate of drug-likeness (QED) is 0.764. The Kier molecular flexibility index (Phi) is 4.44. The van der Waals surface area contributed by atoms with Gasteiger partial charge in [0, 0.05) is 24.4 Å². The summed E-state index contributed by atoms with van der Waals surface area (Å²) >= 11 is 0. The summed E-state index contributed by atoms with van der Waals surface area (Å²) in [5.74, 6) is -1.61. The van der Waals surface area contributed by atoms with Gasteiger partial charge in [-0.05, 0) is 24.6 Å². The van der Waals surface area contributed by atoms with Gasteiger partial charge in [-0.1, -0.05) is 48.5 Å². The molecule has 1 N–H and O–H groups in total. The minimum atomic E-state index is -0.865. The lowest BCUT2D eigenvalue weighted by Crippen LogP contribution is -2.33. The summed E-state index contributed by atoms with van der Waals surface area (Å²) in [6.45, 7) is 2.44. The molecule has 0 bridgehead atoms. The number of aliphatic carboxylic acids is 1. The molecule has 3 aromatic rings. The number of para-hydroxylation sites is 1. The molecule has 2 aromatic carbocycles. The summed E-state index contributed by atoms with van der Waals surface area (Å²) in [7, 11) is 0. The molecule has 0 radical (unpaired) electrons. The van der Waals surface area contributed by atoms with Crippen molar-refractivity contribution in [2.75, 3.05) is 13.1 Å². The third-order valence-corrected chi connectivity index (χ3v) is 5.42. The van der Waals surface area contributed by atoms with Crippen molar-refractivity contribution in [3.05, 3.63) is 72.0 Å². The van der Waals surface area contributed by atoms with Crippen molar-refractivity contribution in [1.82, 2.24) is 4.90 Å². The van der Waals surface area contributed by atoms with E-state index in [1.54, 1.807) is 4.90 Å². The highest BCUT2D eigenvalue weighted by atomic mass is 16.4. The number of amides is 1. The summed E-state index contributed by atoms with van der Waals surface area (Å²) in [6.07, 6.45) is 0. The molecule has 4 rings (SSSR count). The number of likely N-dealkylation sites (tertiary alicyclic amines) is 1. The Hall–Kier alpha value is -3.08. The number of carbonyl (C=O) groups is 2. The second-order valence-corrected chi connectivity index (χ2v) is 7.11. The van der Waals surface area contributed by atoms with Crippen molar-refractivity contribution < 1.29 is 19.1 Å². The molecular formula is C22H21NO4. The van der Waals surface area contributed by atoms with Gasteiger partial charge in [0.25, 0.3) is 0 Å². The minimum absolute atomic E-state index is 0.0984. The maximum absolute atomic E-state index is 13.0. The topological polar surface area (TPSA) is 70.8 Å². The highest BCUT2D eigenvalue weighted by Crippen LogP contribution is 2.35. The van der Waals surface area contributed by atoms with Gasteiger partial charge >= 0.3 is 5.97 Å². The fraction of sp³-hybridized carbons (Fsp3) is 0.273. The number of hydrogen-bond acceptors (Lipinski definition) is 3. The van der Waals surface area contributed by atoms with E-state index < -0.39 is 17.8 Å². The van der Waals surface area contributed by atoms with Crippen LogP contribution in [0.15, 0.2) is 65.1 Å².